The number of nitrogens with zero attached hydrogens (tertiary/aromatic N) is 5. The molecule has 3 aromatic heterocycles. The van der Waals surface area contributed by atoms with Crippen molar-refractivity contribution >= 4 is 28.8 Å². The van der Waals surface area contributed by atoms with Gasteiger partial charge in [-0.25, -0.2) is 0 Å². The van der Waals surface area contributed by atoms with Crippen LogP contribution in [0.15, 0.2) is 53.8 Å². The Bertz CT molecular complexity index is 1330. The molecule has 7 nitrogen and oxygen atoms in total. The third-order valence-electron chi connectivity index (χ3n) is 4.56. The van der Waals surface area contributed by atoms with E-state index in [9.17, 15) is 15.3 Å². The van der Waals surface area contributed by atoms with Crippen LogP contribution in [0.2, 0.25) is 0 Å². The number of nitrogens with one attached hydrogen (secondary N) is 1. The summed E-state index contributed by atoms with van der Waals surface area (Å²) in [6, 6.07) is 11.3. The van der Waals surface area contributed by atoms with Crippen LogP contribution in [-0.4, -0.2) is 20.4 Å². The Balaban J connectivity index is 2.05. The molecule has 0 saturated heterocycles. The maximum Gasteiger partial charge on any atom is 0.274 e. The summed E-state index contributed by atoms with van der Waals surface area (Å²) in [5.41, 5.74) is 1.42. The highest BCUT2D eigenvalue weighted by Crippen LogP contribution is 2.34. The minimum Gasteiger partial charge on any atom is -0.287 e. The zero-order chi connectivity index (χ0) is 19.7. The Labute approximate surface area is 163 Å². The highest BCUT2D eigenvalue weighted by atomic mass is 32.1. The van der Waals surface area contributed by atoms with Crippen molar-refractivity contribution in [2.75, 3.05) is 0 Å². The van der Waals surface area contributed by atoms with Crippen LogP contribution in [0.25, 0.3) is 11.6 Å². The average molecular weight is 384 g/mol. The van der Waals surface area contributed by atoms with Crippen molar-refractivity contribution in [1.82, 2.24) is 14.5 Å². The average Bonchev–Trinajstić information content (AvgIpc) is 3.05. The van der Waals surface area contributed by atoms with Gasteiger partial charge in [-0.2, -0.15) is 10.5 Å². The van der Waals surface area contributed by atoms with Crippen LogP contribution in [-0.2, 0) is 0 Å². The fourth-order valence-corrected chi connectivity index (χ4v) is 4.41. The first-order valence-corrected chi connectivity index (χ1v) is 9.13. The van der Waals surface area contributed by atoms with E-state index in [4.69, 9.17) is 5.41 Å². The molecule has 0 bridgehead atoms. The van der Waals surface area contributed by atoms with Crippen LogP contribution >= 0.6 is 11.3 Å². The molecule has 28 heavy (non-hydrogen) atoms. The Morgan fingerprint density at radius 3 is 2.36 bits per heavy atom. The third kappa shape index (κ3) is 2.73. The maximum absolute atomic E-state index is 12.9. The second-order valence-corrected chi connectivity index (χ2v) is 7.14. The van der Waals surface area contributed by atoms with Crippen molar-refractivity contribution < 1.29 is 0 Å². The molecule has 0 fully saturated rings. The minimum atomic E-state index is -0.939. The third-order valence-corrected chi connectivity index (χ3v) is 5.67. The smallest absolute Gasteiger partial charge is 0.274 e. The summed E-state index contributed by atoms with van der Waals surface area (Å²) in [5.74, 6) is -1.67. The highest BCUT2D eigenvalue weighted by Gasteiger charge is 2.37. The molecular weight excluding hydrogens is 372 g/mol. The van der Waals surface area contributed by atoms with Gasteiger partial charge in [-0.1, -0.05) is 0 Å². The molecule has 1 aliphatic heterocycles. The zero-order valence-corrected chi connectivity index (χ0v) is 15.2. The van der Waals surface area contributed by atoms with E-state index >= 15 is 0 Å². The zero-order valence-electron chi connectivity index (χ0n) is 14.4. The van der Waals surface area contributed by atoms with Crippen LogP contribution in [0.1, 0.15) is 17.0 Å². The first-order chi connectivity index (χ1) is 13.7. The van der Waals surface area contributed by atoms with Crippen LogP contribution in [0.3, 0.4) is 0 Å². The Hall–Kier alpha value is -3.88. The van der Waals surface area contributed by atoms with Crippen molar-refractivity contribution in [3.63, 3.8) is 0 Å². The van der Waals surface area contributed by atoms with Gasteiger partial charge >= 0.3 is 0 Å². The molecule has 1 aliphatic rings. The number of hydrogen-bond donors (Lipinski definition) is 1. The first kappa shape index (κ1) is 17.5. The van der Waals surface area contributed by atoms with Crippen LogP contribution in [0.5, 0.6) is 0 Å². The molecule has 1 N–H and O–H groups in total. The molecule has 0 spiro atoms. The van der Waals surface area contributed by atoms with Gasteiger partial charge < -0.3 is 0 Å². The van der Waals surface area contributed by atoms with Gasteiger partial charge in [0.05, 0.1) is 22.2 Å². The maximum atomic E-state index is 12.9. The number of fused-ring (bicyclic) bond motifs is 1. The number of thiazole rings is 1. The summed E-state index contributed by atoms with van der Waals surface area (Å²) in [7, 11) is 0. The normalized spacial score (nSPS) is 19.0. The van der Waals surface area contributed by atoms with Crippen LogP contribution in [0.4, 0.5) is 0 Å². The lowest BCUT2D eigenvalue weighted by atomic mass is 9.80. The second kappa shape index (κ2) is 7.03. The number of nitriles is 2. The summed E-state index contributed by atoms with van der Waals surface area (Å²) in [6.45, 7) is 0. The molecule has 0 radical (unpaired) electrons. The topological polar surface area (TPSA) is 119 Å². The lowest BCUT2D eigenvalue weighted by molar-refractivity contribution is 0.710. The fourth-order valence-electron chi connectivity index (χ4n) is 3.27. The van der Waals surface area contributed by atoms with Crippen molar-refractivity contribution in [2.45, 2.75) is 5.92 Å². The molecule has 0 aromatic carbocycles. The minimum absolute atomic E-state index is 0.117. The predicted octanol–water partition coefficient (Wildman–Crippen LogP) is 0.965. The summed E-state index contributed by atoms with van der Waals surface area (Å²) in [5, 5.41) is 28.0. The van der Waals surface area contributed by atoms with Crippen molar-refractivity contribution in [1.29, 1.82) is 15.9 Å². The Morgan fingerprint density at radius 1 is 1.11 bits per heavy atom. The SMILES string of the molecule is N#CC1=c2sc(=Cc3ccncc3)c(=O)n2C(=N)C(C#N)C1c1ccncc1. The molecular formula is C20H12N6OS. The van der Waals surface area contributed by atoms with Crippen LogP contribution in [0, 0.1) is 34.0 Å². The van der Waals surface area contributed by atoms with E-state index < -0.39 is 17.4 Å². The molecule has 0 aliphatic carbocycles. The number of hydrogen-bond acceptors (Lipinski definition) is 7. The van der Waals surface area contributed by atoms with Gasteiger partial charge in [0, 0.05) is 30.7 Å². The molecule has 0 saturated carbocycles. The van der Waals surface area contributed by atoms with E-state index in [2.05, 4.69) is 22.1 Å². The van der Waals surface area contributed by atoms with Gasteiger partial charge in [-0.3, -0.25) is 24.7 Å². The van der Waals surface area contributed by atoms with Gasteiger partial charge in [0.25, 0.3) is 5.56 Å². The molecule has 3 aromatic rings. The predicted molar refractivity (Wildman–Crippen MR) is 104 cm³/mol. The van der Waals surface area contributed by atoms with E-state index in [-0.39, 0.29) is 5.84 Å². The summed E-state index contributed by atoms with van der Waals surface area (Å²) >= 11 is 1.15. The van der Waals surface area contributed by atoms with E-state index in [1.165, 1.54) is 4.57 Å². The number of rotatable bonds is 2. The van der Waals surface area contributed by atoms with Crippen molar-refractivity contribution in [2.24, 2.45) is 5.92 Å². The molecule has 8 heteroatoms. The molecule has 2 unspecified atom stereocenters. The monoisotopic (exact) mass is 384 g/mol. The molecule has 2 atom stereocenters. The van der Waals surface area contributed by atoms with Gasteiger partial charge in [0.2, 0.25) is 0 Å². The molecule has 4 rings (SSSR count). The van der Waals surface area contributed by atoms with E-state index in [0.29, 0.717) is 14.8 Å². The van der Waals surface area contributed by atoms with Gasteiger partial charge in [0.1, 0.15) is 16.4 Å². The van der Waals surface area contributed by atoms with Gasteiger partial charge in [-0.05, 0) is 41.5 Å². The summed E-state index contributed by atoms with van der Waals surface area (Å²) < 4.78 is 1.97. The van der Waals surface area contributed by atoms with Gasteiger partial charge in [-0.15, -0.1) is 11.3 Å². The Kier molecular flexibility index (Phi) is 4.40. The molecule has 134 valence electrons. The lowest BCUT2D eigenvalue weighted by Gasteiger charge is -2.26. The highest BCUT2D eigenvalue weighted by molar-refractivity contribution is 7.07. The first-order valence-electron chi connectivity index (χ1n) is 8.32. The second-order valence-electron chi connectivity index (χ2n) is 6.11. The van der Waals surface area contributed by atoms with Gasteiger partial charge in [0.15, 0.2) is 0 Å². The fraction of sp³-hybridized carbons (Fsp3) is 0.100. The molecule has 4 heterocycles. The molecule has 0 amide bonds. The number of pyridine rings is 2. The number of aromatic nitrogens is 3. The van der Waals surface area contributed by atoms with Crippen LogP contribution < -0.4 is 14.8 Å². The van der Waals surface area contributed by atoms with E-state index in [0.717, 1.165) is 22.5 Å². The standard InChI is InChI=1S/C20H12N6OS/c21-10-14-17(13-3-7-25-8-4-13)15(11-22)20-26(18(14)23)19(27)16(28-20)9-12-1-5-24-6-2-12/h1-9,14,17,23H. The largest absolute Gasteiger partial charge is 0.287 e. The van der Waals surface area contributed by atoms with E-state index in [1.54, 1.807) is 55.1 Å². The summed E-state index contributed by atoms with van der Waals surface area (Å²) in [6.07, 6.45) is 8.11. The van der Waals surface area contributed by atoms with Crippen molar-refractivity contribution in [3.05, 3.63) is 79.7 Å². The van der Waals surface area contributed by atoms with E-state index in [1.807, 2.05) is 0 Å². The quantitative estimate of drug-likeness (QED) is 0.706. The lowest BCUT2D eigenvalue weighted by Crippen LogP contribution is -2.45. The van der Waals surface area contributed by atoms with Crippen molar-refractivity contribution in [3.8, 4) is 12.1 Å². The summed E-state index contributed by atoms with van der Waals surface area (Å²) in [4.78, 5) is 20.9. The Morgan fingerprint density at radius 2 is 1.75 bits per heavy atom.